The number of carbonyl (C=O) groups is 1. The monoisotopic (exact) mass is 521 g/mol. The Morgan fingerprint density at radius 3 is 2.35 bits per heavy atom. The lowest BCUT2D eigenvalue weighted by molar-refractivity contribution is 0.0952. The maximum atomic E-state index is 13.4. The molecular formula is C27H31N5O4S. The van der Waals surface area contributed by atoms with Gasteiger partial charge in [0.1, 0.15) is 0 Å². The molecule has 0 aliphatic carbocycles. The van der Waals surface area contributed by atoms with Gasteiger partial charge >= 0.3 is 0 Å². The van der Waals surface area contributed by atoms with Crippen LogP contribution in [0.1, 0.15) is 47.1 Å². The van der Waals surface area contributed by atoms with Crippen molar-refractivity contribution >= 4 is 26.8 Å². The van der Waals surface area contributed by atoms with Crippen LogP contribution >= 0.6 is 0 Å². The number of benzene rings is 2. The Labute approximate surface area is 216 Å². The van der Waals surface area contributed by atoms with E-state index in [4.69, 9.17) is 0 Å². The number of aromatic amines is 1. The van der Waals surface area contributed by atoms with Gasteiger partial charge in [-0.3, -0.25) is 14.3 Å². The highest BCUT2D eigenvalue weighted by molar-refractivity contribution is 7.89. The first-order valence-corrected chi connectivity index (χ1v) is 13.4. The van der Waals surface area contributed by atoms with Crippen molar-refractivity contribution < 1.29 is 13.2 Å². The Morgan fingerprint density at radius 1 is 1.08 bits per heavy atom. The Balaban J connectivity index is 1.76. The summed E-state index contributed by atoms with van der Waals surface area (Å²) in [6.45, 7) is 7.75. The van der Waals surface area contributed by atoms with Gasteiger partial charge in [0, 0.05) is 43.3 Å². The first-order valence-electron chi connectivity index (χ1n) is 11.9. The predicted octanol–water partition coefficient (Wildman–Crippen LogP) is 3.77. The Morgan fingerprint density at radius 2 is 1.76 bits per heavy atom. The van der Waals surface area contributed by atoms with Crippen LogP contribution in [0.5, 0.6) is 0 Å². The molecule has 9 nitrogen and oxygen atoms in total. The number of aromatic nitrogens is 3. The van der Waals surface area contributed by atoms with Crippen molar-refractivity contribution in [2.24, 2.45) is 0 Å². The highest BCUT2D eigenvalue weighted by atomic mass is 32.2. The van der Waals surface area contributed by atoms with Crippen LogP contribution in [0.4, 0.5) is 0 Å². The van der Waals surface area contributed by atoms with Gasteiger partial charge in [-0.25, -0.2) is 12.7 Å². The molecule has 0 aliphatic heterocycles. The fraction of sp³-hybridized carbons (Fsp3) is 0.296. The highest BCUT2D eigenvalue weighted by Gasteiger charge is 2.20. The molecule has 194 valence electrons. The Bertz CT molecular complexity index is 1650. The van der Waals surface area contributed by atoms with Crippen molar-refractivity contribution in [2.45, 2.75) is 45.2 Å². The molecule has 2 aromatic heterocycles. The molecule has 0 spiro atoms. The van der Waals surface area contributed by atoms with E-state index in [1.54, 1.807) is 36.5 Å². The van der Waals surface area contributed by atoms with Gasteiger partial charge in [0.2, 0.25) is 10.0 Å². The average Bonchev–Trinajstić information content (AvgIpc) is 3.27. The predicted molar refractivity (Wildman–Crippen MR) is 144 cm³/mol. The van der Waals surface area contributed by atoms with Crippen LogP contribution in [0.25, 0.3) is 22.0 Å². The molecule has 2 N–H and O–H groups in total. The van der Waals surface area contributed by atoms with Crippen molar-refractivity contribution in [2.75, 3.05) is 14.1 Å². The number of amides is 1. The summed E-state index contributed by atoms with van der Waals surface area (Å²) in [5.74, 6) is -0.332. The fourth-order valence-corrected chi connectivity index (χ4v) is 5.21. The van der Waals surface area contributed by atoms with Gasteiger partial charge in [0.05, 0.1) is 22.2 Å². The van der Waals surface area contributed by atoms with Gasteiger partial charge in [-0.15, -0.1) is 0 Å². The Hall–Kier alpha value is -3.76. The summed E-state index contributed by atoms with van der Waals surface area (Å²) in [5, 5.41) is 8.07. The average molecular weight is 522 g/mol. The molecular weight excluding hydrogens is 490 g/mol. The first kappa shape index (κ1) is 26.3. The smallest absolute Gasteiger partial charge is 0.253 e. The zero-order valence-electron chi connectivity index (χ0n) is 21.8. The molecule has 0 saturated heterocycles. The number of nitrogens with one attached hydrogen (secondary N) is 2. The van der Waals surface area contributed by atoms with Gasteiger partial charge in [-0.05, 0) is 74.7 Å². The van der Waals surface area contributed by atoms with Gasteiger partial charge in [-0.1, -0.05) is 12.1 Å². The van der Waals surface area contributed by atoms with Crippen molar-refractivity contribution in [3.05, 3.63) is 81.4 Å². The minimum atomic E-state index is -3.56. The van der Waals surface area contributed by atoms with E-state index < -0.39 is 10.0 Å². The second-order valence-corrected chi connectivity index (χ2v) is 11.7. The largest absolute Gasteiger partial charge is 0.348 e. The summed E-state index contributed by atoms with van der Waals surface area (Å²) in [5.41, 5.74) is 4.56. The number of hydrogen-bond acceptors (Lipinski definition) is 5. The number of H-pyrrole nitrogens is 1. The van der Waals surface area contributed by atoms with Crippen molar-refractivity contribution in [1.29, 1.82) is 0 Å². The highest BCUT2D eigenvalue weighted by Crippen LogP contribution is 2.30. The third kappa shape index (κ3) is 5.07. The van der Waals surface area contributed by atoms with Crippen molar-refractivity contribution in [1.82, 2.24) is 24.4 Å². The van der Waals surface area contributed by atoms with Crippen LogP contribution < -0.4 is 10.9 Å². The summed E-state index contributed by atoms with van der Waals surface area (Å²) >= 11 is 0. The molecule has 4 aromatic rings. The van der Waals surface area contributed by atoms with E-state index in [1.807, 2.05) is 44.5 Å². The quantitative estimate of drug-likeness (QED) is 0.384. The SMILES string of the molecule is Cc1cc(C)c(CNC(=O)c2cc(-c3ccc(S(=O)(=O)N(C)C)cc3)cc3c2cnn3C(C)C)c(=O)[nH]1. The number of carbonyl (C=O) groups excluding carboxylic acids is 1. The molecule has 37 heavy (non-hydrogen) atoms. The van der Waals surface area contributed by atoms with Gasteiger partial charge in [0.15, 0.2) is 0 Å². The van der Waals surface area contributed by atoms with E-state index in [-0.39, 0.29) is 28.9 Å². The second-order valence-electron chi connectivity index (χ2n) is 9.58. The molecule has 4 rings (SSSR count). The van der Waals surface area contributed by atoms with E-state index in [1.165, 1.54) is 18.4 Å². The number of pyridine rings is 1. The third-order valence-electron chi connectivity index (χ3n) is 6.34. The van der Waals surface area contributed by atoms with Crippen LogP contribution in [0.2, 0.25) is 0 Å². The summed E-state index contributed by atoms with van der Waals surface area (Å²) in [6, 6.07) is 12.2. The Kier molecular flexibility index (Phi) is 7.07. The van der Waals surface area contributed by atoms with E-state index >= 15 is 0 Å². The number of fused-ring (bicyclic) bond motifs is 1. The lowest BCUT2D eigenvalue weighted by Gasteiger charge is -2.14. The van der Waals surface area contributed by atoms with Crippen molar-refractivity contribution in [3.8, 4) is 11.1 Å². The maximum absolute atomic E-state index is 13.4. The maximum Gasteiger partial charge on any atom is 0.253 e. The molecule has 0 radical (unpaired) electrons. The number of hydrogen-bond donors (Lipinski definition) is 2. The number of rotatable bonds is 7. The van der Waals surface area contributed by atoms with E-state index in [0.29, 0.717) is 16.5 Å². The standard InChI is InChI=1S/C27H31N5O4S/c1-16(2)32-25-13-20(19-7-9-21(10-8-19)37(35,36)31(5)6)12-22(24(25)15-29-32)26(33)28-14-23-17(3)11-18(4)30-27(23)34/h7-13,15-16H,14H2,1-6H3,(H,28,33)(H,30,34). The van der Waals surface area contributed by atoms with Crippen LogP contribution in [-0.2, 0) is 16.6 Å². The van der Waals surface area contributed by atoms with Crippen LogP contribution in [0, 0.1) is 13.8 Å². The van der Waals surface area contributed by atoms with E-state index in [0.717, 1.165) is 27.9 Å². The molecule has 0 bridgehead atoms. The first-order chi connectivity index (χ1) is 17.4. The normalized spacial score (nSPS) is 12.0. The molecule has 0 aliphatic rings. The van der Waals surface area contributed by atoms with Gasteiger partial charge in [0.25, 0.3) is 11.5 Å². The number of nitrogens with zero attached hydrogens (tertiary/aromatic N) is 3. The third-order valence-corrected chi connectivity index (χ3v) is 8.17. The molecule has 0 atom stereocenters. The van der Waals surface area contributed by atoms with E-state index in [9.17, 15) is 18.0 Å². The summed E-state index contributed by atoms with van der Waals surface area (Å²) in [7, 11) is -0.583. The number of aryl methyl sites for hydroxylation is 2. The fourth-order valence-electron chi connectivity index (χ4n) is 4.31. The zero-order valence-corrected chi connectivity index (χ0v) is 22.6. The summed E-state index contributed by atoms with van der Waals surface area (Å²) in [4.78, 5) is 28.8. The molecule has 10 heteroatoms. The van der Waals surface area contributed by atoms with E-state index in [2.05, 4.69) is 15.4 Å². The van der Waals surface area contributed by atoms with Gasteiger partial charge < -0.3 is 10.3 Å². The molecule has 0 fully saturated rings. The second kappa shape index (κ2) is 9.95. The topological polar surface area (TPSA) is 117 Å². The minimum Gasteiger partial charge on any atom is -0.348 e. The minimum absolute atomic E-state index is 0.0602. The molecule has 0 unspecified atom stereocenters. The lowest BCUT2D eigenvalue weighted by atomic mass is 9.99. The van der Waals surface area contributed by atoms with Crippen LogP contribution in [-0.4, -0.2) is 47.5 Å². The lowest BCUT2D eigenvalue weighted by Crippen LogP contribution is -2.28. The number of sulfonamides is 1. The summed E-state index contributed by atoms with van der Waals surface area (Å²) < 4.78 is 28.0. The zero-order chi connectivity index (χ0) is 27.1. The molecule has 0 saturated carbocycles. The van der Waals surface area contributed by atoms with Crippen molar-refractivity contribution in [3.63, 3.8) is 0 Å². The van der Waals surface area contributed by atoms with Gasteiger partial charge in [-0.2, -0.15) is 5.10 Å². The summed E-state index contributed by atoms with van der Waals surface area (Å²) in [6.07, 6.45) is 1.67. The van der Waals surface area contributed by atoms with Crippen LogP contribution in [0.3, 0.4) is 0 Å². The van der Waals surface area contributed by atoms with Crippen LogP contribution in [0.15, 0.2) is 58.4 Å². The molecule has 1 amide bonds. The molecule has 2 aromatic carbocycles. The molecule has 2 heterocycles.